The summed E-state index contributed by atoms with van der Waals surface area (Å²) < 4.78 is 5.24. The van der Waals surface area contributed by atoms with E-state index < -0.39 is 0 Å². The van der Waals surface area contributed by atoms with Crippen LogP contribution in [0.25, 0.3) is 0 Å². The maximum atomic E-state index is 8.81. The molecule has 1 aromatic heterocycles. The highest BCUT2D eigenvalue weighted by Crippen LogP contribution is 2.29. The maximum absolute atomic E-state index is 8.81. The molecular formula is C12H9Cl2N3OS. The molecule has 0 spiro atoms. The molecule has 2 rings (SSSR count). The first kappa shape index (κ1) is 13.9. The summed E-state index contributed by atoms with van der Waals surface area (Å²) in [5.41, 5.74) is 0.830. The lowest BCUT2D eigenvalue weighted by Gasteiger charge is -2.10. The van der Waals surface area contributed by atoms with E-state index in [0.29, 0.717) is 27.3 Å². The van der Waals surface area contributed by atoms with Crippen molar-refractivity contribution in [3.05, 3.63) is 38.8 Å². The number of aromatic nitrogens is 1. The zero-order valence-corrected chi connectivity index (χ0v) is 12.2. The van der Waals surface area contributed by atoms with Gasteiger partial charge in [-0.3, -0.25) is 0 Å². The van der Waals surface area contributed by atoms with Crippen molar-refractivity contribution in [3.63, 3.8) is 0 Å². The molecule has 0 unspecified atom stereocenters. The first-order valence-corrected chi connectivity index (χ1v) is 6.84. The molecule has 1 N–H and O–H groups in total. The molecule has 0 atom stereocenters. The molecule has 0 radical (unpaired) electrons. The topological polar surface area (TPSA) is 57.9 Å². The molecule has 0 aliphatic rings. The summed E-state index contributed by atoms with van der Waals surface area (Å²) in [6.45, 7) is 0.442. The molecule has 0 saturated heterocycles. The van der Waals surface area contributed by atoms with Crippen LogP contribution in [0.5, 0.6) is 5.75 Å². The highest BCUT2D eigenvalue weighted by molar-refractivity contribution is 7.16. The third-order valence-corrected chi connectivity index (χ3v) is 4.06. The van der Waals surface area contributed by atoms with Crippen molar-refractivity contribution < 1.29 is 4.74 Å². The summed E-state index contributed by atoms with van der Waals surface area (Å²) >= 11 is 13.1. The Morgan fingerprint density at radius 2 is 2.26 bits per heavy atom. The lowest BCUT2D eigenvalue weighted by Crippen LogP contribution is -2.02. The van der Waals surface area contributed by atoms with Gasteiger partial charge in [0.25, 0.3) is 0 Å². The Labute approximate surface area is 124 Å². The average molecular weight is 314 g/mol. The molecule has 0 bridgehead atoms. The Balaban J connectivity index is 2.17. The number of anilines is 1. The van der Waals surface area contributed by atoms with E-state index >= 15 is 0 Å². The van der Waals surface area contributed by atoms with Crippen molar-refractivity contribution in [2.24, 2.45) is 0 Å². The number of methoxy groups -OCH3 is 1. The lowest BCUT2D eigenvalue weighted by atomic mass is 10.2. The fourth-order valence-electron chi connectivity index (χ4n) is 1.51. The van der Waals surface area contributed by atoms with Crippen LogP contribution in [-0.4, -0.2) is 12.1 Å². The summed E-state index contributed by atoms with van der Waals surface area (Å²) in [4.78, 5) is 4.43. The van der Waals surface area contributed by atoms with Gasteiger partial charge in [0.05, 0.1) is 7.11 Å². The van der Waals surface area contributed by atoms with Crippen LogP contribution in [0, 0.1) is 11.3 Å². The van der Waals surface area contributed by atoms with Gasteiger partial charge in [0.15, 0.2) is 10.3 Å². The molecule has 0 fully saturated rings. The minimum absolute atomic E-state index is 0.209. The van der Waals surface area contributed by atoms with Gasteiger partial charge in [0, 0.05) is 17.1 Å². The quantitative estimate of drug-likeness (QED) is 0.928. The highest BCUT2D eigenvalue weighted by atomic mass is 35.5. The predicted octanol–water partition coefficient (Wildman–Crippen LogP) is 3.94. The Hall–Kier alpha value is -1.48. The van der Waals surface area contributed by atoms with E-state index in [1.807, 2.05) is 18.2 Å². The van der Waals surface area contributed by atoms with Crippen LogP contribution in [-0.2, 0) is 6.54 Å². The predicted molar refractivity (Wildman–Crippen MR) is 77.2 cm³/mol. The van der Waals surface area contributed by atoms with Gasteiger partial charge in [-0.25, -0.2) is 4.98 Å². The van der Waals surface area contributed by atoms with Gasteiger partial charge in [-0.05, 0) is 12.1 Å². The molecule has 0 saturated carbocycles. The molecule has 1 heterocycles. The molecule has 2 aromatic rings. The zero-order chi connectivity index (χ0) is 13.8. The molecule has 0 aliphatic carbocycles. The smallest absolute Gasteiger partial charge is 0.185 e. The van der Waals surface area contributed by atoms with E-state index in [9.17, 15) is 0 Å². The van der Waals surface area contributed by atoms with Crippen molar-refractivity contribution in [3.8, 4) is 11.8 Å². The standard InChI is InChI=1S/C12H9Cl2N3OS/c1-18-9-4-2-3-8(13)7(9)6-16-12-17-11(14)10(5-15)19-12/h2-4H,6H2,1H3,(H,16,17). The molecule has 0 amide bonds. The van der Waals surface area contributed by atoms with Gasteiger partial charge >= 0.3 is 0 Å². The van der Waals surface area contributed by atoms with Crippen LogP contribution >= 0.6 is 34.5 Å². The second-order valence-corrected chi connectivity index (χ2v) is 5.29. The maximum Gasteiger partial charge on any atom is 0.185 e. The van der Waals surface area contributed by atoms with Crippen LogP contribution < -0.4 is 10.1 Å². The minimum Gasteiger partial charge on any atom is -0.496 e. The van der Waals surface area contributed by atoms with Crippen LogP contribution in [0.15, 0.2) is 18.2 Å². The normalized spacial score (nSPS) is 10.0. The second-order valence-electron chi connectivity index (χ2n) is 3.52. The van der Waals surface area contributed by atoms with Crippen molar-refractivity contribution in [1.29, 1.82) is 5.26 Å². The zero-order valence-electron chi connectivity index (χ0n) is 9.91. The summed E-state index contributed by atoms with van der Waals surface area (Å²) in [6, 6.07) is 7.42. The van der Waals surface area contributed by atoms with Crippen molar-refractivity contribution in [1.82, 2.24) is 4.98 Å². The molecule has 4 nitrogen and oxygen atoms in total. The van der Waals surface area contributed by atoms with E-state index in [0.717, 1.165) is 5.56 Å². The van der Waals surface area contributed by atoms with Gasteiger partial charge in [0.1, 0.15) is 16.7 Å². The number of halogens is 2. The molecule has 1 aromatic carbocycles. The Bertz CT molecular complexity index is 636. The number of hydrogen-bond donors (Lipinski definition) is 1. The monoisotopic (exact) mass is 313 g/mol. The highest BCUT2D eigenvalue weighted by Gasteiger charge is 2.11. The van der Waals surface area contributed by atoms with Gasteiger partial charge in [-0.1, -0.05) is 40.6 Å². The van der Waals surface area contributed by atoms with E-state index in [1.165, 1.54) is 11.3 Å². The third kappa shape index (κ3) is 3.10. The second kappa shape index (κ2) is 6.11. The molecule has 0 aliphatic heterocycles. The van der Waals surface area contributed by atoms with Crippen LogP contribution in [0.1, 0.15) is 10.4 Å². The molecular weight excluding hydrogens is 305 g/mol. The number of nitriles is 1. The SMILES string of the molecule is COc1cccc(Cl)c1CNc1nc(Cl)c(C#N)s1. The van der Waals surface area contributed by atoms with Crippen molar-refractivity contribution >= 4 is 39.7 Å². The molecule has 98 valence electrons. The number of nitrogens with one attached hydrogen (secondary N) is 1. The Kier molecular flexibility index (Phi) is 4.48. The molecule has 7 heteroatoms. The van der Waals surface area contributed by atoms with Crippen LogP contribution in [0.2, 0.25) is 10.2 Å². The largest absolute Gasteiger partial charge is 0.496 e. The average Bonchev–Trinajstić information content (AvgIpc) is 2.77. The Morgan fingerprint density at radius 1 is 1.47 bits per heavy atom. The van der Waals surface area contributed by atoms with Gasteiger partial charge in [-0.2, -0.15) is 5.26 Å². The van der Waals surface area contributed by atoms with Gasteiger partial charge < -0.3 is 10.1 Å². The number of hydrogen-bond acceptors (Lipinski definition) is 5. The third-order valence-electron chi connectivity index (χ3n) is 2.40. The number of thiazole rings is 1. The summed E-state index contributed by atoms with van der Waals surface area (Å²) in [5, 5.41) is 13.3. The van der Waals surface area contributed by atoms with Gasteiger partial charge in [0.2, 0.25) is 0 Å². The van der Waals surface area contributed by atoms with E-state index in [2.05, 4.69) is 10.3 Å². The molecule has 19 heavy (non-hydrogen) atoms. The number of nitrogens with zero attached hydrogens (tertiary/aromatic N) is 2. The minimum atomic E-state index is 0.209. The number of ether oxygens (including phenoxy) is 1. The number of benzene rings is 1. The Morgan fingerprint density at radius 3 is 2.89 bits per heavy atom. The van der Waals surface area contributed by atoms with E-state index in [1.54, 1.807) is 13.2 Å². The van der Waals surface area contributed by atoms with Crippen molar-refractivity contribution in [2.45, 2.75) is 6.54 Å². The van der Waals surface area contributed by atoms with Crippen molar-refractivity contribution in [2.75, 3.05) is 12.4 Å². The van der Waals surface area contributed by atoms with Crippen LogP contribution in [0.3, 0.4) is 0 Å². The van der Waals surface area contributed by atoms with E-state index in [-0.39, 0.29) is 5.15 Å². The van der Waals surface area contributed by atoms with Crippen LogP contribution in [0.4, 0.5) is 5.13 Å². The fourth-order valence-corrected chi connectivity index (χ4v) is 2.69. The summed E-state index contributed by atoms with van der Waals surface area (Å²) in [5.74, 6) is 0.697. The first-order chi connectivity index (χ1) is 9.15. The number of rotatable bonds is 4. The van der Waals surface area contributed by atoms with E-state index in [4.69, 9.17) is 33.2 Å². The summed E-state index contributed by atoms with van der Waals surface area (Å²) in [6.07, 6.45) is 0. The lowest BCUT2D eigenvalue weighted by molar-refractivity contribution is 0.410. The van der Waals surface area contributed by atoms with Gasteiger partial charge in [-0.15, -0.1) is 0 Å². The fraction of sp³-hybridized carbons (Fsp3) is 0.167. The summed E-state index contributed by atoms with van der Waals surface area (Å²) in [7, 11) is 1.59. The first-order valence-electron chi connectivity index (χ1n) is 5.27.